The maximum Gasteiger partial charge on any atom is 0.122 e. The van der Waals surface area contributed by atoms with E-state index in [1.54, 1.807) is 7.11 Å². The minimum atomic E-state index is 0.354. The number of para-hydroxylation sites is 1. The van der Waals surface area contributed by atoms with Gasteiger partial charge in [-0.25, -0.2) is 0 Å². The fourth-order valence-electron chi connectivity index (χ4n) is 2.41. The molecule has 0 aliphatic carbocycles. The summed E-state index contributed by atoms with van der Waals surface area (Å²) in [6.07, 6.45) is 0.942. The van der Waals surface area contributed by atoms with Crippen LogP contribution in [0.3, 0.4) is 0 Å². The van der Waals surface area contributed by atoms with Gasteiger partial charge in [-0.2, -0.15) is 0 Å². The van der Waals surface area contributed by atoms with E-state index < -0.39 is 0 Å². The highest BCUT2D eigenvalue weighted by Gasteiger charge is 2.09. The van der Waals surface area contributed by atoms with Gasteiger partial charge in [0.25, 0.3) is 0 Å². The zero-order chi connectivity index (χ0) is 14.5. The summed E-state index contributed by atoms with van der Waals surface area (Å²) in [5.74, 6) is 0.960. The van der Waals surface area contributed by atoms with Gasteiger partial charge in [-0.05, 0) is 56.0 Å². The molecule has 1 unspecified atom stereocenters. The standard InChI is InChI=1S/C18H23NO/c1-13-9-10-14(2)17(11-13)19-15(3)12-16-7-5-6-8-18(16)20-4/h5-11,15,19H,12H2,1-4H3. The first-order valence-electron chi connectivity index (χ1n) is 7.06. The molecule has 0 saturated carbocycles. The van der Waals surface area contributed by atoms with Gasteiger partial charge in [-0.3, -0.25) is 0 Å². The van der Waals surface area contributed by atoms with Crippen molar-refractivity contribution in [3.05, 3.63) is 59.2 Å². The summed E-state index contributed by atoms with van der Waals surface area (Å²) in [5, 5.41) is 3.60. The number of anilines is 1. The SMILES string of the molecule is COc1ccccc1CC(C)Nc1cc(C)ccc1C. The molecular weight excluding hydrogens is 246 g/mol. The van der Waals surface area contributed by atoms with Crippen LogP contribution in [0.25, 0.3) is 0 Å². The quantitative estimate of drug-likeness (QED) is 0.871. The summed E-state index contributed by atoms with van der Waals surface area (Å²) >= 11 is 0. The molecule has 0 aliphatic rings. The second kappa shape index (κ2) is 6.47. The Kier molecular flexibility index (Phi) is 4.67. The van der Waals surface area contributed by atoms with E-state index in [4.69, 9.17) is 4.74 Å². The Labute approximate surface area is 121 Å². The second-order valence-corrected chi connectivity index (χ2v) is 5.38. The number of hydrogen-bond acceptors (Lipinski definition) is 2. The van der Waals surface area contributed by atoms with Crippen LogP contribution in [0.5, 0.6) is 5.75 Å². The molecule has 1 N–H and O–H groups in total. The van der Waals surface area contributed by atoms with Crippen LogP contribution >= 0.6 is 0 Å². The Balaban J connectivity index is 2.09. The molecule has 0 spiro atoms. The fourth-order valence-corrected chi connectivity index (χ4v) is 2.41. The third kappa shape index (κ3) is 3.53. The van der Waals surface area contributed by atoms with Crippen molar-refractivity contribution in [3.63, 3.8) is 0 Å². The van der Waals surface area contributed by atoms with E-state index in [2.05, 4.69) is 56.4 Å². The molecule has 2 rings (SSSR count). The first kappa shape index (κ1) is 14.4. The lowest BCUT2D eigenvalue weighted by Gasteiger charge is -2.19. The normalized spacial score (nSPS) is 12.0. The van der Waals surface area contributed by atoms with E-state index in [1.807, 2.05) is 12.1 Å². The Morgan fingerprint density at radius 2 is 1.85 bits per heavy atom. The van der Waals surface area contributed by atoms with Crippen molar-refractivity contribution in [2.75, 3.05) is 12.4 Å². The van der Waals surface area contributed by atoms with E-state index in [1.165, 1.54) is 22.4 Å². The Morgan fingerprint density at radius 1 is 1.10 bits per heavy atom. The van der Waals surface area contributed by atoms with Crippen LogP contribution in [0.15, 0.2) is 42.5 Å². The van der Waals surface area contributed by atoms with Crippen LogP contribution < -0.4 is 10.1 Å². The summed E-state index contributed by atoms with van der Waals surface area (Å²) in [4.78, 5) is 0. The van der Waals surface area contributed by atoms with Gasteiger partial charge in [-0.1, -0.05) is 30.3 Å². The number of nitrogens with one attached hydrogen (secondary N) is 1. The van der Waals surface area contributed by atoms with E-state index in [0.29, 0.717) is 6.04 Å². The molecule has 0 amide bonds. The van der Waals surface area contributed by atoms with Gasteiger partial charge in [0.2, 0.25) is 0 Å². The number of methoxy groups -OCH3 is 1. The molecule has 0 fully saturated rings. The molecule has 2 aromatic rings. The Morgan fingerprint density at radius 3 is 2.60 bits per heavy atom. The summed E-state index contributed by atoms with van der Waals surface area (Å²) in [7, 11) is 1.72. The van der Waals surface area contributed by atoms with Crippen molar-refractivity contribution in [2.24, 2.45) is 0 Å². The second-order valence-electron chi connectivity index (χ2n) is 5.38. The van der Waals surface area contributed by atoms with Gasteiger partial charge in [0.05, 0.1) is 7.11 Å². The van der Waals surface area contributed by atoms with Gasteiger partial charge < -0.3 is 10.1 Å². The van der Waals surface area contributed by atoms with Crippen molar-refractivity contribution in [2.45, 2.75) is 33.2 Å². The Hall–Kier alpha value is -1.96. The Bertz CT molecular complexity index is 577. The highest BCUT2D eigenvalue weighted by Crippen LogP contribution is 2.22. The summed E-state index contributed by atoms with van der Waals surface area (Å²) in [6.45, 7) is 6.46. The molecule has 2 heteroatoms. The summed E-state index contributed by atoms with van der Waals surface area (Å²) < 4.78 is 5.41. The molecule has 0 saturated heterocycles. The molecule has 2 nitrogen and oxygen atoms in total. The van der Waals surface area contributed by atoms with Gasteiger partial charge in [-0.15, -0.1) is 0 Å². The lowest BCUT2D eigenvalue weighted by Crippen LogP contribution is -2.19. The van der Waals surface area contributed by atoms with Crippen molar-refractivity contribution < 1.29 is 4.74 Å². The average Bonchev–Trinajstić information content (AvgIpc) is 2.43. The third-order valence-electron chi connectivity index (χ3n) is 3.51. The largest absolute Gasteiger partial charge is 0.496 e. The molecule has 0 bridgehead atoms. The van der Waals surface area contributed by atoms with E-state index in [9.17, 15) is 0 Å². The number of aryl methyl sites for hydroxylation is 2. The van der Waals surface area contributed by atoms with E-state index in [-0.39, 0.29) is 0 Å². The van der Waals surface area contributed by atoms with Gasteiger partial charge in [0, 0.05) is 11.7 Å². The number of hydrogen-bond donors (Lipinski definition) is 1. The zero-order valence-electron chi connectivity index (χ0n) is 12.7. The molecule has 0 radical (unpaired) electrons. The third-order valence-corrected chi connectivity index (χ3v) is 3.51. The summed E-state index contributed by atoms with van der Waals surface area (Å²) in [6, 6.07) is 15.1. The van der Waals surface area contributed by atoms with Gasteiger partial charge >= 0.3 is 0 Å². The minimum absolute atomic E-state index is 0.354. The topological polar surface area (TPSA) is 21.3 Å². The molecular formula is C18H23NO. The first-order valence-corrected chi connectivity index (χ1v) is 7.06. The maximum absolute atomic E-state index is 5.41. The van der Waals surface area contributed by atoms with Crippen LogP contribution in [0.1, 0.15) is 23.6 Å². The van der Waals surface area contributed by atoms with Crippen molar-refractivity contribution in [1.82, 2.24) is 0 Å². The average molecular weight is 269 g/mol. The van der Waals surface area contributed by atoms with E-state index >= 15 is 0 Å². The van der Waals surface area contributed by atoms with Crippen LogP contribution in [0.4, 0.5) is 5.69 Å². The van der Waals surface area contributed by atoms with Crippen molar-refractivity contribution >= 4 is 5.69 Å². The van der Waals surface area contributed by atoms with Crippen LogP contribution in [0, 0.1) is 13.8 Å². The number of ether oxygens (including phenoxy) is 1. The predicted octanol–water partition coefficient (Wildman–Crippen LogP) is 4.36. The van der Waals surface area contributed by atoms with Crippen molar-refractivity contribution in [1.29, 1.82) is 0 Å². The molecule has 0 aliphatic heterocycles. The summed E-state index contributed by atoms with van der Waals surface area (Å²) in [5.41, 5.74) is 5.01. The van der Waals surface area contributed by atoms with Crippen LogP contribution in [-0.2, 0) is 6.42 Å². The van der Waals surface area contributed by atoms with E-state index in [0.717, 1.165) is 12.2 Å². The van der Waals surface area contributed by atoms with Gasteiger partial charge in [0.15, 0.2) is 0 Å². The molecule has 0 aromatic heterocycles. The zero-order valence-corrected chi connectivity index (χ0v) is 12.7. The fraction of sp³-hybridized carbons (Fsp3) is 0.333. The highest BCUT2D eigenvalue weighted by molar-refractivity contribution is 5.53. The minimum Gasteiger partial charge on any atom is -0.496 e. The molecule has 1 atom stereocenters. The monoisotopic (exact) mass is 269 g/mol. The van der Waals surface area contributed by atoms with Crippen LogP contribution in [-0.4, -0.2) is 13.2 Å². The lowest BCUT2D eigenvalue weighted by molar-refractivity contribution is 0.409. The van der Waals surface area contributed by atoms with Gasteiger partial charge in [0.1, 0.15) is 5.75 Å². The number of rotatable bonds is 5. The molecule has 106 valence electrons. The molecule has 2 aromatic carbocycles. The smallest absolute Gasteiger partial charge is 0.122 e. The predicted molar refractivity (Wildman–Crippen MR) is 85.7 cm³/mol. The molecule has 20 heavy (non-hydrogen) atoms. The number of benzene rings is 2. The van der Waals surface area contributed by atoms with Crippen molar-refractivity contribution in [3.8, 4) is 5.75 Å². The highest BCUT2D eigenvalue weighted by atomic mass is 16.5. The van der Waals surface area contributed by atoms with Crippen LogP contribution in [0.2, 0.25) is 0 Å². The first-order chi connectivity index (χ1) is 9.60. The maximum atomic E-state index is 5.41. The molecule has 0 heterocycles. The lowest BCUT2D eigenvalue weighted by atomic mass is 10.0.